The Kier molecular flexibility index (Phi) is 13.0. The van der Waals surface area contributed by atoms with E-state index in [1.54, 1.807) is 13.1 Å². The number of aliphatic imine (C=N–C) groups is 1. The Hall–Kier alpha value is -0.786. The number of ether oxygens (including phenoxy) is 1. The van der Waals surface area contributed by atoms with Gasteiger partial charge in [0.25, 0.3) is 0 Å². The van der Waals surface area contributed by atoms with Crippen LogP contribution in [0, 0.1) is 12.7 Å². The first-order valence-corrected chi connectivity index (χ1v) is 8.81. The predicted molar refractivity (Wildman–Crippen MR) is 99.8 cm³/mol. The van der Waals surface area contributed by atoms with Crippen LogP contribution in [0.4, 0.5) is 10.1 Å². The number of halogens is 1. The van der Waals surface area contributed by atoms with Gasteiger partial charge in [-0.05, 0) is 43.7 Å². The molecule has 5 nitrogen and oxygen atoms in total. The van der Waals surface area contributed by atoms with E-state index in [1.165, 1.54) is 13.2 Å². The molecule has 0 saturated carbocycles. The average molecular weight is 456 g/mol. The molecule has 1 amide bonds. The van der Waals surface area contributed by atoms with E-state index in [0.717, 1.165) is 25.3 Å². The maximum atomic E-state index is 13.6. The monoisotopic (exact) mass is 456 g/mol. The molecular formula is C18H24FN2O3SY-. The van der Waals surface area contributed by atoms with Crippen molar-refractivity contribution in [2.45, 2.75) is 45.6 Å². The van der Waals surface area contributed by atoms with Crippen molar-refractivity contribution in [2.75, 3.05) is 18.2 Å². The van der Waals surface area contributed by atoms with Crippen LogP contribution in [0.2, 0.25) is 0 Å². The van der Waals surface area contributed by atoms with Crippen LogP contribution in [0.1, 0.15) is 48.5 Å². The van der Waals surface area contributed by atoms with Crippen LogP contribution in [0.5, 0.6) is 0 Å². The van der Waals surface area contributed by atoms with Crippen molar-refractivity contribution in [3.05, 3.63) is 29.1 Å². The van der Waals surface area contributed by atoms with E-state index < -0.39 is 17.8 Å². The molecule has 1 N–H and O–H groups in total. The molecule has 1 aromatic rings. The van der Waals surface area contributed by atoms with Crippen LogP contribution >= 0.6 is 0 Å². The van der Waals surface area contributed by atoms with Crippen LogP contribution in [0.3, 0.4) is 0 Å². The first kappa shape index (κ1) is 25.2. The molecule has 0 heterocycles. The number of carbonyl (C=O) groups excluding carboxylic acids is 2. The van der Waals surface area contributed by atoms with Crippen molar-refractivity contribution in [1.29, 1.82) is 0 Å². The van der Waals surface area contributed by atoms with Crippen molar-refractivity contribution in [2.24, 2.45) is 4.99 Å². The Balaban J connectivity index is 0.00000625. The summed E-state index contributed by atoms with van der Waals surface area (Å²) in [5.41, 5.74) is 0.675. The van der Waals surface area contributed by atoms with Gasteiger partial charge in [0.15, 0.2) is 0 Å². The molecule has 0 aliphatic rings. The summed E-state index contributed by atoms with van der Waals surface area (Å²) in [6.07, 6.45) is 4.90. The number of aryl methyl sites for hydroxylation is 1. The molecule has 0 bridgehead atoms. The van der Waals surface area contributed by atoms with Crippen molar-refractivity contribution in [1.82, 2.24) is 0 Å². The van der Waals surface area contributed by atoms with Crippen molar-refractivity contribution < 1.29 is 51.4 Å². The number of hydrogen-bond donors (Lipinski definition) is 1. The Morgan fingerprint density at radius 2 is 2.08 bits per heavy atom. The van der Waals surface area contributed by atoms with Crippen molar-refractivity contribution >= 4 is 36.4 Å². The van der Waals surface area contributed by atoms with Crippen molar-refractivity contribution in [3.63, 3.8) is 0 Å². The summed E-state index contributed by atoms with van der Waals surface area (Å²) in [4.78, 5) is 28.6. The summed E-state index contributed by atoms with van der Waals surface area (Å²) in [6, 6.07) is 1.73. The molecule has 1 atom stereocenters. The fourth-order valence-corrected chi connectivity index (χ4v) is 2.49. The minimum Gasteiger partial charge on any atom is -0.793 e. The molecule has 0 aliphatic heterocycles. The standard InChI is InChI=1S/C18H25FN2O3S.Y/c1-4-15(20-8-6-5-7-9-25)17(22)21-16-12(2)10-13(19)11-14(16)18(23)24-3;/h8,10-11,15,25H,4-7,9H2,1-3H3,(H,21,22);/p-1. The largest absolute Gasteiger partial charge is 0.793 e. The van der Waals surface area contributed by atoms with Gasteiger partial charge in [-0.3, -0.25) is 9.79 Å². The van der Waals surface area contributed by atoms with Gasteiger partial charge in [-0.15, -0.1) is 0 Å². The third-order valence-electron chi connectivity index (χ3n) is 3.66. The van der Waals surface area contributed by atoms with Gasteiger partial charge in [0, 0.05) is 32.7 Å². The van der Waals surface area contributed by atoms with Gasteiger partial charge in [-0.1, -0.05) is 19.8 Å². The second-order valence-electron chi connectivity index (χ2n) is 5.58. The first-order chi connectivity index (χ1) is 11.9. The van der Waals surface area contributed by atoms with Crippen LogP contribution in [0.15, 0.2) is 17.1 Å². The summed E-state index contributed by atoms with van der Waals surface area (Å²) in [5.74, 6) is -0.908. The molecule has 26 heavy (non-hydrogen) atoms. The smallest absolute Gasteiger partial charge is 0.340 e. The molecular weight excluding hydrogens is 432 g/mol. The zero-order chi connectivity index (χ0) is 18.8. The third kappa shape index (κ3) is 7.84. The zero-order valence-corrected chi connectivity index (χ0v) is 19.0. The molecule has 0 saturated heterocycles. The normalized spacial score (nSPS) is 11.7. The minimum atomic E-state index is -0.710. The fourth-order valence-electron chi connectivity index (χ4n) is 2.28. The number of anilines is 1. The summed E-state index contributed by atoms with van der Waals surface area (Å²) in [7, 11) is 1.20. The summed E-state index contributed by atoms with van der Waals surface area (Å²) in [5, 5.41) is 2.69. The minimum absolute atomic E-state index is 0. The van der Waals surface area contributed by atoms with E-state index in [1.807, 2.05) is 6.92 Å². The second kappa shape index (κ2) is 13.4. The van der Waals surface area contributed by atoms with E-state index in [4.69, 9.17) is 12.6 Å². The molecule has 1 aromatic carbocycles. The van der Waals surface area contributed by atoms with Gasteiger partial charge < -0.3 is 22.7 Å². The summed E-state index contributed by atoms with van der Waals surface area (Å²) in [6.45, 7) is 3.47. The van der Waals surface area contributed by atoms with E-state index in [2.05, 4.69) is 15.0 Å². The van der Waals surface area contributed by atoms with E-state index in [9.17, 15) is 14.0 Å². The summed E-state index contributed by atoms with van der Waals surface area (Å²) >= 11 is 4.88. The number of methoxy groups -OCH3 is 1. The Bertz CT molecular complexity index is 641. The molecule has 141 valence electrons. The van der Waals surface area contributed by atoms with E-state index in [0.29, 0.717) is 17.7 Å². The van der Waals surface area contributed by atoms with Gasteiger partial charge in [-0.25, -0.2) is 9.18 Å². The number of nitrogens with one attached hydrogen (secondary N) is 1. The third-order valence-corrected chi connectivity index (χ3v) is 3.94. The van der Waals surface area contributed by atoms with Crippen LogP contribution in [-0.4, -0.2) is 37.0 Å². The van der Waals surface area contributed by atoms with E-state index in [-0.39, 0.29) is 49.9 Å². The number of esters is 1. The average Bonchev–Trinajstić information content (AvgIpc) is 2.59. The molecule has 1 rings (SSSR count). The van der Waals surface area contributed by atoms with Crippen LogP contribution in [0.25, 0.3) is 0 Å². The Morgan fingerprint density at radius 3 is 2.65 bits per heavy atom. The number of carbonyl (C=O) groups is 2. The maximum Gasteiger partial charge on any atom is 0.340 e. The molecule has 1 unspecified atom stereocenters. The van der Waals surface area contributed by atoms with Gasteiger partial charge in [-0.2, -0.15) is 5.75 Å². The van der Waals surface area contributed by atoms with Gasteiger partial charge in [0.05, 0.1) is 18.4 Å². The number of nitrogens with zero attached hydrogens (tertiary/aromatic N) is 1. The molecule has 0 spiro atoms. The zero-order valence-electron chi connectivity index (χ0n) is 15.4. The van der Waals surface area contributed by atoms with Crippen molar-refractivity contribution in [3.8, 4) is 0 Å². The Labute approximate surface area is 184 Å². The number of rotatable bonds is 9. The quantitative estimate of drug-likeness (QED) is 0.268. The first-order valence-electron chi connectivity index (χ1n) is 8.23. The predicted octanol–water partition coefficient (Wildman–Crippen LogP) is 3.42. The second-order valence-corrected chi connectivity index (χ2v) is 5.99. The maximum absolute atomic E-state index is 13.6. The number of hydrogen-bond acceptors (Lipinski definition) is 5. The molecule has 0 aromatic heterocycles. The summed E-state index contributed by atoms with van der Waals surface area (Å²) < 4.78 is 18.2. The molecule has 1 radical (unpaired) electrons. The molecule has 0 fully saturated rings. The van der Waals surface area contributed by atoms with E-state index >= 15 is 0 Å². The number of unbranched alkanes of at least 4 members (excludes halogenated alkanes) is 2. The van der Waals surface area contributed by atoms with Crippen LogP contribution in [-0.2, 0) is 54.9 Å². The molecule has 0 aliphatic carbocycles. The fraction of sp³-hybridized carbons (Fsp3) is 0.500. The van der Waals surface area contributed by atoms with Gasteiger partial charge in [0.1, 0.15) is 11.9 Å². The topological polar surface area (TPSA) is 67.8 Å². The Morgan fingerprint density at radius 1 is 1.38 bits per heavy atom. The SMILES string of the molecule is CCC(N=CCCCC[S-])C(=O)Nc1c(C)cc(F)cc1C(=O)OC.[Y]. The van der Waals surface area contributed by atoms with Crippen LogP contribution < -0.4 is 5.32 Å². The van der Waals surface area contributed by atoms with Gasteiger partial charge in [0.2, 0.25) is 5.91 Å². The van der Waals surface area contributed by atoms with Gasteiger partial charge >= 0.3 is 5.97 Å². The number of amides is 1. The molecule has 8 heteroatoms. The number of benzene rings is 1.